The lowest BCUT2D eigenvalue weighted by atomic mass is 10.1. The number of anilines is 1. The highest BCUT2D eigenvalue weighted by Crippen LogP contribution is 2.41. The Kier molecular flexibility index (Phi) is 8.66. The zero-order valence-corrected chi connectivity index (χ0v) is 21.8. The first-order valence-electron chi connectivity index (χ1n) is 11.9. The fraction of sp³-hybridized carbons (Fsp3) is 0.207. The van der Waals surface area contributed by atoms with Crippen LogP contribution in [0.2, 0.25) is 0 Å². The molecule has 0 bridgehead atoms. The summed E-state index contributed by atoms with van der Waals surface area (Å²) in [5.74, 6) is 0.0267. The van der Waals surface area contributed by atoms with Crippen LogP contribution in [0.5, 0.6) is 11.5 Å². The van der Waals surface area contributed by atoms with Gasteiger partial charge in [0.2, 0.25) is 5.91 Å². The summed E-state index contributed by atoms with van der Waals surface area (Å²) in [6.07, 6.45) is 0.831. The van der Waals surface area contributed by atoms with Gasteiger partial charge in [-0.25, -0.2) is 4.39 Å². The third-order valence-corrected chi connectivity index (χ3v) is 7.26. The van der Waals surface area contributed by atoms with Crippen LogP contribution in [-0.4, -0.2) is 37.8 Å². The van der Waals surface area contributed by atoms with E-state index in [-0.39, 0.29) is 28.9 Å². The van der Waals surface area contributed by atoms with Gasteiger partial charge in [-0.2, -0.15) is 5.26 Å². The molecule has 1 atom stereocenters. The van der Waals surface area contributed by atoms with Gasteiger partial charge >= 0.3 is 0 Å². The number of para-hydroxylation sites is 1. The van der Waals surface area contributed by atoms with Crippen molar-refractivity contribution in [2.75, 3.05) is 25.7 Å². The van der Waals surface area contributed by atoms with Crippen molar-refractivity contribution in [1.29, 1.82) is 5.26 Å². The first-order valence-corrected chi connectivity index (χ1v) is 12.8. The normalized spacial score (nSPS) is 16.1. The van der Waals surface area contributed by atoms with E-state index in [0.717, 1.165) is 11.1 Å². The van der Waals surface area contributed by atoms with Crippen LogP contribution in [0.4, 0.5) is 10.1 Å². The predicted octanol–water partition coefficient (Wildman–Crippen LogP) is 4.63. The van der Waals surface area contributed by atoms with Gasteiger partial charge in [-0.1, -0.05) is 48.2 Å². The lowest BCUT2D eigenvalue weighted by molar-refractivity contribution is -0.117. The van der Waals surface area contributed by atoms with Crippen molar-refractivity contribution >= 4 is 29.3 Å². The van der Waals surface area contributed by atoms with E-state index in [1.54, 1.807) is 56.7 Å². The molecule has 194 valence electrons. The fourth-order valence-electron chi connectivity index (χ4n) is 4.08. The molecule has 1 N–H and O–H groups in total. The van der Waals surface area contributed by atoms with Gasteiger partial charge in [0.25, 0.3) is 5.91 Å². The summed E-state index contributed by atoms with van der Waals surface area (Å²) < 4.78 is 23.9. The summed E-state index contributed by atoms with van der Waals surface area (Å²) in [5, 5.41) is 12.5. The van der Waals surface area contributed by atoms with E-state index in [2.05, 4.69) is 5.32 Å². The molecule has 1 aliphatic rings. The van der Waals surface area contributed by atoms with Crippen molar-refractivity contribution in [2.45, 2.75) is 18.1 Å². The number of thioether (sulfide) groups is 1. The monoisotopic (exact) mass is 531 g/mol. The Balaban J connectivity index is 1.55. The van der Waals surface area contributed by atoms with Gasteiger partial charge in [-0.3, -0.25) is 14.5 Å². The van der Waals surface area contributed by atoms with Crippen molar-refractivity contribution in [1.82, 2.24) is 5.32 Å². The SMILES string of the molecule is COc1ccc(CCNC(=O)/C(C#N)=C2/S[C@@H](Cc3ccc(F)cc3)C(=O)N2c2ccccc2)cc1OC. The standard InChI is InChI=1S/C29H26FN3O4S/c1-36-24-13-10-20(16-25(24)37-2)14-15-32-27(34)23(18-31)29-33(22-6-4-3-5-7-22)28(35)26(38-29)17-19-8-11-21(30)12-9-19/h3-13,16,26H,14-15,17H2,1-2H3,(H,32,34)/b29-23+/t26-/m0/s1. The van der Waals surface area contributed by atoms with E-state index >= 15 is 0 Å². The van der Waals surface area contributed by atoms with Crippen LogP contribution in [0.3, 0.4) is 0 Å². The molecule has 2 amide bonds. The molecule has 0 aliphatic carbocycles. The molecular formula is C29H26FN3O4S. The van der Waals surface area contributed by atoms with Crippen LogP contribution >= 0.6 is 11.8 Å². The van der Waals surface area contributed by atoms with Crippen molar-refractivity contribution in [3.8, 4) is 17.6 Å². The Bertz CT molecular complexity index is 1390. The Morgan fingerprint density at radius 1 is 1.03 bits per heavy atom. The van der Waals surface area contributed by atoms with Gasteiger partial charge in [-0.05, 0) is 60.4 Å². The number of nitrogens with zero attached hydrogens (tertiary/aromatic N) is 2. The second-order valence-electron chi connectivity index (χ2n) is 8.43. The Hall–Kier alpha value is -4.29. The molecule has 3 aromatic carbocycles. The van der Waals surface area contributed by atoms with Crippen LogP contribution < -0.4 is 19.7 Å². The number of hydrogen-bond acceptors (Lipinski definition) is 6. The molecule has 4 rings (SSSR count). The number of amides is 2. The molecule has 1 saturated heterocycles. The molecule has 1 heterocycles. The summed E-state index contributed by atoms with van der Waals surface area (Å²) in [7, 11) is 3.11. The van der Waals surface area contributed by atoms with Gasteiger partial charge in [-0.15, -0.1) is 0 Å². The minimum atomic E-state index is -0.571. The van der Waals surface area contributed by atoms with Gasteiger partial charge in [0.05, 0.1) is 19.5 Å². The molecule has 7 nitrogen and oxygen atoms in total. The molecule has 0 saturated carbocycles. The van der Waals surface area contributed by atoms with Gasteiger partial charge in [0, 0.05) is 12.2 Å². The number of rotatable bonds is 9. The highest BCUT2D eigenvalue weighted by Gasteiger charge is 2.40. The molecule has 1 fully saturated rings. The minimum absolute atomic E-state index is 0.138. The molecule has 0 aromatic heterocycles. The zero-order chi connectivity index (χ0) is 27.1. The Labute approximate surface area is 224 Å². The quantitative estimate of drug-likeness (QED) is 0.320. The van der Waals surface area contributed by atoms with Crippen LogP contribution in [0.25, 0.3) is 0 Å². The number of hydrogen-bond donors (Lipinski definition) is 1. The summed E-state index contributed by atoms with van der Waals surface area (Å²) in [6.45, 7) is 0.274. The second-order valence-corrected chi connectivity index (χ2v) is 9.62. The minimum Gasteiger partial charge on any atom is -0.493 e. The van der Waals surface area contributed by atoms with Crippen molar-refractivity contribution in [3.63, 3.8) is 0 Å². The Morgan fingerprint density at radius 3 is 2.37 bits per heavy atom. The molecule has 0 spiro atoms. The first-order chi connectivity index (χ1) is 18.4. The van der Waals surface area contributed by atoms with Gasteiger partial charge < -0.3 is 14.8 Å². The molecule has 38 heavy (non-hydrogen) atoms. The summed E-state index contributed by atoms with van der Waals surface area (Å²) in [5.41, 5.74) is 2.13. The van der Waals surface area contributed by atoms with Crippen molar-refractivity contribution < 1.29 is 23.5 Å². The summed E-state index contributed by atoms with van der Waals surface area (Å²) in [6, 6.07) is 22.3. The van der Waals surface area contributed by atoms with Crippen LogP contribution in [-0.2, 0) is 22.4 Å². The van der Waals surface area contributed by atoms with E-state index < -0.39 is 11.2 Å². The van der Waals surface area contributed by atoms with E-state index in [1.165, 1.54) is 28.8 Å². The van der Waals surface area contributed by atoms with Gasteiger partial charge in [0.1, 0.15) is 22.5 Å². The molecule has 1 aliphatic heterocycles. The van der Waals surface area contributed by atoms with Gasteiger partial charge in [0.15, 0.2) is 11.5 Å². The molecule has 0 unspecified atom stereocenters. The molecular weight excluding hydrogens is 505 g/mol. The maximum Gasteiger partial charge on any atom is 0.264 e. The van der Waals surface area contributed by atoms with Crippen molar-refractivity contribution in [3.05, 3.63) is 100 Å². The topological polar surface area (TPSA) is 91.7 Å². The number of ether oxygens (including phenoxy) is 2. The smallest absolute Gasteiger partial charge is 0.264 e. The average molecular weight is 532 g/mol. The van der Waals surface area contributed by atoms with Crippen molar-refractivity contribution in [2.24, 2.45) is 0 Å². The number of nitrogens with one attached hydrogen (secondary N) is 1. The Morgan fingerprint density at radius 2 is 1.71 bits per heavy atom. The average Bonchev–Trinajstić information content (AvgIpc) is 3.25. The molecule has 3 aromatic rings. The number of carbonyl (C=O) groups excluding carboxylic acids is 2. The third kappa shape index (κ3) is 5.98. The predicted molar refractivity (Wildman–Crippen MR) is 144 cm³/mol. The first kappa shape index (κ1) is 26.8. The van der Waals surface area contributed by atoms with E-state index in [4.69, 9.17) is 9.47 Å². The van der Waals surface area contributed by atoms with E-state index in [1.807, 2.05) is 24.3 Å². The number of methoxy groups -OCH3 is 2. The maximum absolute atomic E-state index is 13.5. The molecule has 0 radical (unpaired) electrons. The highest BCUT2D eigenvalue weighted by molar-refractivity contribution is 8.05. The largest absolute Gasteiger partial charge is 0.493 e. The lowest BCUT2D eigenvalue weighted by Gasteiger charge is -2.18. The summed E-state index contributed by atoms with van der Waals surface area (Å²) in [4.78, 5) is 28.0. The summed E-state index contributed by atoms with van der Waals surface area (Å²) >= 11 is 1.17. The van der Waals surface area contributed by atoms with E-state index in [0.29, 0.717) is 30.0 Å². The number of nitriles is 1. The highest BCUT2D eigenvalue weighted by atomic mass is 32.2. The number of carbonyl (C=O) groups is 2. The number of halogens is 1. The molecule has 9 heteroatoms. The van der Waals surface area contributed by atoms with Crippen LogP contribution in [0.1, 0.15) is 11.1 Å². The van der Waals surface area contributed by atoms with E-state index in [9.17, 15) is 19.2 Å². The number of benzene rings is 3. The third-order valence-electron chi connectivity index (χ3n) is 6.00. The lowest BCUT2D eigenvalue weighted by Crippen LogP contribution is -2.32. The van der Waals surface area contributed by atoms with Crippen LogP contribution in [0.15, 0.2) is 83.4 Å². The maximum atomic E-state index is 13.5. The zero-order valence-electron chi connectivity index (χ0n) is 20.9. The fourth-order valence-corrected chi connectivity index (χ4v) is 5.39. The van der Waals surface area contributed by atoms with Crippen LogP contribution in [0, 0.1) is 17.1 Å². The second kappa shape index (κ2) is 12.3.